The van der Waals surface area contributed by atoms with Gasteiger partial charge in [0.15, 0.2) is 0 Å². The van der Waals surface area contributed by atoms with Crippen LogP contribution in [0.4, 0.5) is 5.69 Å². The first-order chi connectivity index (χ1) is 11.1. The Balaban J connectivity index is 1.98. The lowest BCUT2D eigenvalue weighted by atomic mass is 10.2. The molecule has 2 aromatic rings. The molecule has 0 saturated heterocycles. The second kappa shape index (κ2) is 8.37. The van der Waals surface area contributed by atoms with Gasteiger partial charge in [0.25, 0.3) is 5.91 Å². The van der Waals surface area contributed by atoms with Crippen LogP contribution in [0.25, 0.3) is 0 Å². The minimum absolute atomic E-state index is 0.0259. The average Bonchev–Trinajstić information content (AvgIpc) is 2.55. The quantitative estimate of drug-likeness (QED) is 0.593. The summed E-state index contributed by atoms with van der Waals surface area (Å²) >= 11 is 9.34. The van der Waals surface area contributed by atoms with E-state index in [1.54, 1.807) is 24.3 Å². The largest absolute Gasteiger partial charge is 0.386 e. The monoisotopic (exact) mass is 389 g/mol. The van der Waals surface area contributed by atoms with Crippen molar-refractivity contribution >= 4 is 39.1 Å². The van der Waals surface area contributed by atoms with Crippen LogP contribution in [0.15, 0.2) is 64.8 Å². The van der Waals surface area contributed by atoms with E-state index in [2.05, 4.69) is 26.6 Å². The van der Waals surface area contributed by atoms with Crippen LogP contribution in [0, 0.1) is 11.3 Å². The van der Waals surface area contributed by atoms with Crippen molar-refractivity contribution in [3.63, 3.8) is 0 Å². The smallest absolute Gasteiger partial charge is 0.267 e. The van der Waals surface area contributed by atoms with E-state index in [0.29, 0.717) is 17.3 Å². The molecule has 0 radical (unpaired) electrons. The highest BCUT2D eigenvalue weighted by atomic mass is 79.9. The number of rotatable bonds is 5. The van der Waals surface area contributed by atoms with Crippen LogP contribution in [-0.4, -0.2) is 5.91 Å². The Bertz CT molecular complexity index is 766. The number of para-hydroxylation sites is 1. The molecule has 1 amide bonds. The van der Waals surface area contributed by atoms with E-state index in [1.807, 2.05) is 30.3 Å². The molecule has 0 aliphatic carbocycles. The molecule has 2 aromatic carbocycles. The Morgan fingerprint density at radius 2 is 1.91 bits per heavy atom. The lowest BCUT2D eigenvalue weighted by molar-refractivity contribution is -0.112. The lowest BCUT2D eigenvalue weighted by Gasteiger charge is -2.07. The van der Waals surface area contributed by atoms with Gasteiger partial charge in [0.05, 0.1) is 10.7 Å². The zero-order valence-electron chi connectivity index (χ0n) is 12.0. The highest BCUT2D eigenvalue weighted by Crippen LogP contribution is 2.20. The Kier molecular flexibility index (Phi) is 6.21. The Hall–Kier alpha value is -2.29. The maximum absolute atomic E-state index is 12.1. The van der Waals surface area contributed by atoms with Crippen LogP contribution >= 0.6 is 27.5 Å². The van der Waals surface area contributed by atoms with Crippen molar-refractivity contribution in [3.8, 4) is 6.07 Å². The number of anilines is 1. The van der Waals surface area contributed by atoms with Gasteiger partial charge in [0.2, 0.25) is 0 Å². The molecule has 6 heteroatoms. The van der Waals surface area contributed by atoms with Crippen molar-refractivity contribution in [2.75, 3.05) is 5.32 Å². The SMILES string of the molecule is N#C/C(=C/NCc1ccc(Br)cc1)C(=O)Nc1ccccc1Cl. The van der Waals surface area contributed by atoms with Crippen LogP contribution < -0.4 is 10.6 Å². The highest BCUT2D eigenvalue weighted by Gasteiger charge is 2.10. The van der Waals surface area contributed by atoms with E-state index in [4.69, 9.17) is 16.9 Å². The van der Waals surface area contributed by atoms with E-state index in [9.17, 15) is 4.79 Å². The summed E-state index contributed by atoms with van der Waals surface area (Å²) in [5.41, 5.74) is 1.48. The molecule has 4 nitrogen and oxygen atoms in total. The van der Waals surface area contributed by atoms with Gasteiger partial charge in [-0.25, -0.2) is 0 Å². The number of halogens is 2. The highest BCUT2D eigenvalue weighted by molar-refractivity contribution is 9.10. The minimum atomic E-state index is -0.510. The van der Waals surface area contributed by atoms with Gasteiger partial charge in [-0.15, -0.1) is 0 Å². The van der Waals surface area contributed by atoms with Crippen molar-refractivity contribution in [2.45, 2.75) is 6.54 Å². The molecule has 0 fully saturated rings. The lowest BCUT2D eigenvalue weighted by Crippen LogP contribution is -2.16. The summed E-state index contributed by atoms with van der Waals surface area (Å²) in [5, 5.41) is 15.1. The Morgan fingerprint density at radius 1 is 1.22 bits per heavy atom. The fourth-order valence-electron chi connectivity index (χ4n) is 1.77. The number of carbonyl (C=O) groups is 1. The predicted octanol–water partition coefficient (Wildman–Crippen LogP) is 4.24. The molecule has 0 bridgehead atoms. The molecule has 0 heterocycles. The van der Waals surface area contributed by atoms with Crippen LogP contribution in [0.1, 0.15) is 5.56 Å². The van der Waals surface area contributed by atoms with Gasteiger partial charge in [-0.1, -0.05) is 51.8 Å². The van der Waals surface area contributed by atoms with E-state index >= 15 is 0 Å². The van der Waals surface area contributed by atoms with Gasteiger partial charge in [-0.05, 0) is 29.8 Å². The van der Waals surface area contributed by atoms with Crippen LogP contribution in [0.3, 0.4) is 0 Å². The molecule has 23 heavy (non-hydrogen) atoms. The summed E-state index contributed by atoms with van der Waals surface area (Å²) in [6, 6.07) is 16.5. The van der Waals surface area contributed by atoms with Gasteiger partial charge in [-0.3, -0.25) is 4.79 Å². The number of nitrogens with one attached hydrogen (secondary N) is 2. The molecule has 0 saturated carbocycles. The van der Waals surface area contributed by atoms with Gasteiger partial charge in [0.1, 0.15) is 11.6 Å². The fourth-order valence-corrected chi connectivity index (χ4v) is 2.22. The van der Waals surface area contributed by atoms with E-state index in [-0.39, 0.29) is 5.57 Å². The fraction of sp³-hybridized carbons (Fsp3) is 0.0588. The summed E-state index contributed by atoms with van der Waals surface area (Å²) in [6.07, 6.45) is 1.40. The van der Waals surface area contributed by atoms with Crippen molar-refractivity contribution in [1.82, 2.24) is 5.32 Å². The minimum Gasteiger partial charge on any atom is -0.386 e. The third-order valence-electron chi connectivity index (χ3n) is 2.95. The molecule has 116 valence electrons. The third-order valence-corrected chi connectivity index (χ3v) is 3.81. The van der Waals surface area contributed by atoms with Crippen molar-refractivity contribution in [3.05, 3.63) is 75.4 Å². The molecule has 2 rings (SSSR count). The predicted molar refractivity (Wildman–Crippen MR) is 94.8 cm³/mol. The number of benzene rings is 2. The summed E-state index contributed by atoms with van der Waals surface area (Å²) in [4.78, 5) is 12.1. The maximum atomic E-state index is 12.1. The van der Waals surface area contributed by atoms with Gasteiger partial charge >= 0.3 is 0 Å². The number of hydrogen-bond acceptors (Lipinski definition) is 3. The molecular formula is C17H13BrClN3O. The number of amides is 1. The molecule has 0 aromatic heterocycles. The first kappa shape index (κ1) is 17.1. The van der Waals surface area contributed by atoms with E-state index in [0.717, 1.165) is 10.0 Å². The number of nitrogens with zero attached hydrogens (tertiary/aromatic N) is 1. The van der Waals surface area contributed by atoms with Crippen LogP contribution in [0.5, 0.6) is 0 Å². The third kappa shape index (κ3) is 5.13. The van der Waals surface area contributed by atoms with Crippen molar-refractivity contribution in [2.24, 2.45) is 0 Å². The summed E-state index contributed by atoms with van der Waals surface area (Å²) in [5.74, 6) is -0.510. The second-order valence-electron chi connectivity index (χ2n) is 4.61. The van der Waals surface area contributed by atoms with Crippen LogP contribution in [0.2, 0.25) is 5.02 Å². The van der Waals surface area contributed by atoms with Gasteiger partial charge in [0, 0.05) is 17.2 Å². The number of nitriles is 1. The standard InChI is InChI=1S/C17H13BrClN3O/c18-14-7-5-12(6-8-14)10-21-11-13(9-20)17(23)22-16-4-2-1-3-15(16)19/h1-8,11,21H,10H2,(H,22,23)/b13-11-. The molecular weight excluding hydrogens is 378 g/mol. The zero-order chi connectivity index (χ0) is 16.7. The topological polar surface area (TPSA) is 64.9 Å². The summed E-state index contributed by atoms with van der Waals surface area (Å²) < 4.78 is 0.994. The first-order valence-corrected chi connectivity index (χ1v) is 7.91. The number of carbonyl (C=O) groups excluding carboxylic acids is 1. The second-order valence-corrected chi connectivity index (χ2v) is 5.93. The van der Waals surface area contributed by atoms with Crippen molar-refractivity contribution < 1.29 is 4.79 Å². The Morgan fingerprint density at radius 3 is 2.57 bits per heavy atom. The average molecular weight is 391 g/mol. The van der Waals surface area contributed by atoms with Crippen molar-refractivity contribution in [1.29, 1.82) is 5.26 Å². The number of hydrogen-bond donors (Lipinski definition) is 2. The van der Waals surface area contributed by atoms with Gasteiger partial charge < -0.3 is 10.6 Å². The first-order valence-electron chi connectivity index (χ1n) is 6.74. The van der Waals surface area contributed by atoms with Gasteiger partial charge in [-0.2, -0.15) is 5.26 Å². The zero-order valence-corrected chi connectivity index (χ0v) is 14.4. The molecule has 0 aliphatic rings. The Labute approximate surface area is 147 Å². The molecule has 2 N–H and O–H groups in total. The summed E-state index contributed by atoms with van der Waals surface area (Å²) in [7, 11) is 0. The van der Waals surface area contributed by atoms with E-state index < -0.39 is 5.91 Å². The molecule has 0 atom stereocenters. The molecule has 0 aliphatic heterocycles. The molecule has 0 spiro atoms. The summed E-state index contributed by atoms with van der Waals surface area (Å²) in [6.45, 7) is 0.512. The van der Waals surface area contributed by atoms with E-state index in [1.165, 1.54) is 6.20 Å². The molecule has 0 unspecified atom stereocenters. The normalized spacial score (nSPS) is 10.7. The maximum Gasteiger partial charge on any atom is 0.267 e. The van der Waals surface area contributed by atoms with Crippen LogP contribution in [-0.2, 0) is 11.3 Å².